The predicted octanol–water partition coefficient (Wildman–Crippen LogP) is -0.189. The average molecular weight is 216 g/mol. The Morgan fingerprint density at radius 1 is 1.14 bits per heavy atom. The van der Waals surface area contributed by atoms with Gasteiger partial charge in [-0.25, -0.2) is 5.84 Å². The van der Waals surface area contributed by atoms with Gasteiger partial charge in [0.2, 0.25) is 5.91 Å². The van der Waals surface area contributed by atoms with E-state index in [-0.39, 0.29) is 23.5 Å². The van der Waals surface area contributed by atoms with E-state index < -0.39 is 11.8 Å². The highest BCUT2D eigenvalue weighted by molar-refractivity contribution is 6.06. The Morgan fingerprint density at radius 2 is 1.64 bits per heavy atom. The van der Waals surface area contributed by atoms with E-state index in [1.54, 1.807) is 12.1 Å². The lowest BCUT2D eigenvalue weighted by molar-refractivity contribution is 0.0936. The van der Waals surface area contributed by atoms with Gasteiger partial charge in [0.15, 0.2) is 0 Å². The number of carbonyl (C=O) groups excluding carboxylic acids is 2. The average Bonchev–Trinajstić information content (AvgIpc) is 2.16. The smallest absolute Gasteiger partial charge is 0.265 e. The fourth-order valence-electron chi connectivity index (χ4n) is 0.974. The van der Waals surface area contributed by atoms with Crippen molar-refractivity contribution >= 4 is 24.2 Å². The lowest BCUT2D eigenvalue weighted by Crippen LogP contribution is -2.32. The van der Waals surface area contributed by atoms with Crippen molar-refractivity contribution in [1.29, 1.82) is 0 Å². The summed E-state index contributed by atoms with van der Waals surface area (Å²) >= 11 is 0. The molecule has 0 aliphatic heterocycles. The number of nitrogen functional groups attached to an aromatic ring is 1. The van der Waals surface area contributed by atoms with Gasteiger partial charge in [0.05, 0.1) is 11.1 Å². The topological polar surface area (TPSA) is 98.2 Å². The van der Waals surface area contributed by atoms with E-state index in [0.29, 0.717) is 0 Å². The Bertz CT molecular complexity index is 354. The van der Waals surface area contributed by atoms with Crippen molar-refractivity contribution in [2.45, 2.75) is 0 Å². The number of carbonyl (C=O) groups is 2. The van der Waals surface area contributed by atoms with Gasteiger partial charge in [0.25, 0.3) is 5.91 Å². The maximum absolute atomic E-state index is 11.1. The summed E-state index contributed by atoms with van der Waals surface area (Å²) in [6.07, 6.45) is 0. The minimum absolute atomic E-state index is 0. The maximum atomic E-state index is 11.1. The molecule has 5 nitrogen and oxygen atoms in total. The van der Waals surface area contributed by atoms with Gasteiger partial charge in [-0.05, 0) is 12.1 Å². The third kappa shape index (κ3) is 2.45. The summed E-state index contributed by atoms with van der Waals surface area (Å²) in [7, 11) is 0. The number of rotatable bonds is 2. The molecule has 5 N–H and O–H groups in total. The Morgan fingerprint density at radius 3 is 2.07 bits per heavy atom. The van der Waals surface area contributed by atoms with Gasteiger partial charge < -0.3 is 5.73 Å². The van der Waals surface area contributed by atoms with Crippen LogP contribution in [0, 0.1) is 0 Å². The molecular weight excluding hydrogens is 206 g/mol. The van der Waals surface area contributed by atoms with E-state index in [2.05, 4.69) is 0 Å². The van der Waals surface area contributed by atoms with E-state index in [4.69, 9.17) is 11.6 Å². The van der Waals surface area contributed by atoms with Crippen LogP contribution in [-0.4, -0.2) is 11.8 Å². The molecule has 0 bridgehead atoms. The maximum Gasteiger partial charge on any atom is 0.265 e. The van der Waals surface area contributed by atoms with Gasteiger partial charge >= 0.3 is 0 Å². The summed E-state index contributed by atoms with van der Waals surface area (Å²) in [4.78, 5) is 21.9. The molecule has 0 spiro atoms. The second-order valence-corrected chi connectivity index (χ2v) is 2.38. The monoisotopic (exact) mass is 215 g/mol. The van der Waals surface area contributed by atoms with E-state index in [1.165, 1.54) is 12.1 Å². The summed E-state index contributed by atoms with van der Waals surface area (Å²) < 4.78 is 0. The zero-order valence-corrected chi connectivity index (χ0v) is 8.01. The van der Waals surface area contributed by atoms with E-state index >= 15 is 0 Å². The molecule has 0 aliphatic rings. The Balaban J connectivity index is 0.00000169. The van der Waals surface area contributed by atoms with Crippen LogP contribution in [0.15, 0.2) is 24.3 Å². The zero-order chi connectivity index (χ0) is 9.84. The fourth-order valence-corrected chi connectivity index (χ4v) is 0.974. The summed E-state index contributed by atoms with van der Waals surface area (Å²) in [6.45, 7) is 0. The highest BCUT2D eigenvalue weighted by Crippen LogP contribution is 2.06. The quantitative estimate of drug-likeness (QED) is 0.362. The molecule has 0 saturated carbocycles. The largest absolute Gasteiger partial charge is 0.366 e. The summed E-state index contributed by atoms with van der Waals surface area (Å²) in [5.41, 5.74) is 7.31. The van der Waals surface area contributed by atoms with Gasteiger partial charge in [-0.15, -0.1) is 12.4 Å². The minimum Gasteiger partial charge on any atom is -0.366 e. The minimum atomic E-state index is -0.654. The Labute approximate surface area is 86.8 Å². The lowest BCUT2D eigenvalue weighted by atomic mass is 10.1. The first kappa shape index (κ1) is 12.4. The van der Waals surface area contributed by atoms with Crippen LogP contribution in [0.5, 0.6) is 0 Å². The SMILES string of the molecule is Cl.NNC(=O)c1ccccc1C(N)=O. The summed E-state index contributed by atoms with van der Waals surface area (Å²) in [5, 5.41) is 0. The molecule has 0 atom stereocenters. The first-order valence-corrected chi connectivity index (χ1v) is 3.56. The van der Waals surface area contributed by atoms with Gasteiger partial charge in [0, 0.05) is 0 Å². The molecular formula is C8H10ClN3O2. The molecule has 0 unspecified atom stereocenters. The highest BCUT2D eigenvalue weighted by atomic mass is 35.5. The molecule has 1 aromatic rings. The number of amides is 2. The van der Waals surface area contributed by atoms with Crippen LogP contribution < -0.4 is 17.0 Å². The number of hydrazine groups is 1. The number of halogens is 1. The second kappa shape index (κ2) is 5.21. The van der Waals surface area contributed by atoms with Crippen LogP contribution in [-0.2, 0) is 0 Å². The van der Waals surface area contributed by atoms with Gasteiger partial charge in [0.1, 0.15) is 0 Å². The van der Waals surface area contributed by atoms with Crippen LogP contribution in [0.4, 0.5) is 0 Å². The zero-order valence-electron chi connectivity index (χ0n) is 7.19. The Kier molecular flexibility index (Phi) is 4.62. The molecule has 1 rings (SSSR count). The van der Waals surface area contributed by atoms with Crippen molar-refractivity contribution in [2.75, 3.05) is 0 Å². The van der Waals surface area contributed by atoms with Crippen molar-refractivity contribution < 1.29 is 9.59 Å². The first-order valence-electron chi connectivity index (χ1n) is 3.56. The number of nitrogens with one attached hydrogen (secondary N) is 1. The highest BCUT2D eigenvalue weighted by Gasteiger charge is 2.12. The molecule has 1 aromatic carbocycles. The number of hydrogen-bond acceptors (Lipinski definition) is 3. The lowest BCUT2D eigenvalue weighted by Gasteiger charge is -2.03. The number of nitrogens with two attached hydrogens (primary N) is 2. The van der Waals surface area contributed by atoms with Gasteiger partial charge in [-0.1, -0.05) is 12.1 Å². The van der Waals surface area contributed by atoms with Crippen LogP contribution in [0.25, 0.3) is 0 Å². The number of benzene rings is 1. The third-order valence-corrected chi connectivity index (χ3v) is 1.57. The first-order chi connectivity index (χ1) is 6.16. The molecule has 0 saturated heterocycles. The molecule has 6 heteroatoms. The van der Waals surface area contributed by atoms with Crippen LogP contribution in [0.3, 0.4) is 0 Å². The Hall–Kier alpha value is -1.59. The fraction of sp³-hybridized carbons (Fsp3) is 0. The van der Waals surface area contributed by atoms with Crippen LogP contribution >= 0.6 is 12.4 Å². The molecule has 0 heterocycles. The normalized spacial score (nSPS) is 8.64. The molecule has 0 aliphatic carbocycles. The standard InChI is InChI=1S/C8H9N3O2.ClH/c9-7(12)5-3-1-2-4-6(5)8(13)11-10;/h1-4H,10H2,(H2,9,12)(H,11,13);1H. The molecule has 0 fully saturated rings. The third-order valence-electron chi connectivity index (χ3n) is 1.57. The number of primary amides is 1. The van der Waals surface area contributed by atoms with Crippen molar-refractivity contribution in [3.05, 3.63) is 35.4 Å². The van der Waals surface area contributed by atoms with Crippen molar-refractivity contribution in [3.8, 4) is 0 Å². The van der Waals surface area contributed by atoms with E-state index in [9.17, 15) is 9.59 Å². The molecule has 2 amide bonds. The summed E-state index contributed by atoms with van der Waals surface area (Å²) in [6, 6.07) is 6.18. The van der Waals surface area contributed by atoms with Gasteiger partial charge in [-0.2, -0.15) is 0 Å². The number of hydrogen-bond donors (Lipinski definition) is 3. The van der Waals surface area contributed by atoms with Crippen LogP contribution in [0.1, 0.15) is 20.7 Å². The van der Waals surface area contributed by atoms with Crippen molar-refractivity contribution in [1.82, 2.24) is 5.43 Å². The van der Waals surface area contributed by atoms with Crippen molar-refractivity contribution in [2.24, 2.45) is 11.6 Å². The molecule has 14 heavy (non-hydrogen) atoms. The molecule has 0 radical (unpaired) electrons. The van der Waals surface area contributed by atoms with Crippen molar-refractivity contribution in [3.63, 3.8) is 0 Å². The second-order valence-electron chi connectivity index (χ2n) is 2.38. The molecule has 0 aromatic heterocycles. The van der Waals surface area contributed by atoms with E-state index in [1.807, 2.05) is 5.43 Å². The van der Waals surface area contributed by atoms with E-state index in [0.717, 1.165) is 0 Å². The van der Waals surface area contributed by atoms with Crippen LogP contribution in [0.2, 0.25) is 0 Å². The molecule has 76 valence electrons. The predicted molar refractivity (Wildman–Crippen MR) is 53.9 cm³/mol. The summed E-state index contributed by atoms with van der Waals surface area (Å²) in [5.74, 6) is 3.73. The van der Waals surface area contributed by atoms with Gasteiger partial charge in [-0.3, -0.25) is 15.0 Å².